The Labute approximate surface area is 99.5 Å². The van der Waals surface area contributed by atoms with Crippen LogP contribution in [0.3, 0.4) is 0 Å². The summed E-state index contributed by atoms with van der Waals surface area (Å²) < 4.78 is 4.57. The highest BCUT2D eigenvalue weighted by molar-refractivity contribution is 5.87. The first-order valence-electron chi connectivity index (χ1n) is 5.10. The van der Waals surface area contributed by atoms with Crippen molar-refractivity contribution in [2.24, 2.45) is 0 Å². The van der Waals surface area contributed by atoms with Crippen LogP contribution in [0, 0.1) is 0 Å². The highest BCUT2D eigenvalue weighted by Gasteiger charge is 2.05. The molecular weight excluding hydrogens is 220 g/mol. The smallest absolute Gasteiger partial charge is 0.356 e. The Hall–Kier alpha value is -2.17. The van der Waals surface area contributed by atoms with Crippen molar-refractivity contribution in [1.82, 2.24) is 10.3 Å². The first-order valence-corrected chi connectivity index (χ1v) is 5.10. The van der Waals surface area contributed by atoms with Crippen LogP contribution in [0.4, 0.5) is 0 Å². The van der Waals surface area contributed by atoms with E-state index in [9.17, 15) is 9.59 Å². The minimum atomic E-state index is -0.470. The van der Waals surface area contributed by atoms with E-state index >= 15 is 0 Å². The van der Waals surface area contributed by atoms with E-state index in [2.05, 4.69) is 15.0 Å². The normalized spacial score (nSPS) is 10.2. The topological polar surface area (TPSA) is 68.3 Å². The fourth-order valence-electron chi connectivity index (χ4n) is 1.14. The average Bonchev–Trinajstić information content (AvgIpc) is 2.34. The van der Waals surface area contributed by atoms with Gasteiger partial charge >= 0.3 is 5.97 Å². The first kappa shape index (κ1) is 12.9. The second kappa shape index (κ2) is 6.42. The third-order valence-electron chi connectivity index (χ3n) is 1.92. The molecule has 5 nitrogen and oxygen atoms in total. The third-order valence-corrected chi connectivity index (χ3v) is 1.92. The summed E-state index contributed by atoms with van der Waals surface area (Å²) >= 11 is 0. The number of hydrogen-bond acceptors (Lipinski definition) is 4. The molecule has 0 radical (unpaired) electrons. The molecule has 0 fully saturated rings. The van der Waals surface area contributed by atoms with Crippen molar-refractivity contribution < 1.29 is 14.3 Å². The van der Waals surface area contributed by atoms with Crippen LogP contribution in [0.1, 0.15) is 23.1 Å². The second-order valence-electron chi connectivity index (χ2n) is 3.28. The minimum Gasteiger partial charge on any atom is -0.464 e. The molecule has 1 N–H and O–H groups in total. The Balaban J connectivity index is 2.65. The van der Waals surface area contributed by atoms with Crippen molar-refractivity contribution in [3.05, 3.63) is 35.7 Å². The monoisotopic (exact) mass is 234 g/mol. The number of carbonyl (C=O) groups excluding carboxylic acids is 2. The maximum absolute atomic E-state index is 11.2. The number of methoxy groups -OCH3 is 1. The van der Waals surface area contributed by atoms with Gasteiger partial charge in [-0.25, -0.2) is 9.78 Å². The van der Waals surface area contributed by atoms with Crippen molar-refractivity contribution in [2.45, 2.75) is 6.92 Å². The van der Waals surface area contributed by atoms with Crippen molar-refractivity contribution in [2.75, 3.05) is 13.7 Å². The number of aromatic nitrogens is 1. The van der Waals surface area contributed by atoms with E-state index in [-0.39, 0.29) is 11.6 Å². The summed E-state index contributed by atoms with van der Waals surface area (Å²) in [6.45, 7) is 1.88. The van der Waals surface area contributed by atoms with E-state index < -0.39 is 5.97 Å². The zero-order chi connectivity index (χ0) is 12.7. The third kappa shape index (κ3) is 4.46. The maximum Gasteiger partial charge on any atom is 0.356 e. The number of carbonyl (C=O) groups is 2. The molecule has 0 atom stereocenters. The van der Waals surface area contributed by atoms with Crippen LogP contribution in [0.25, 0.3) is 6.08 Å². The summed E-state index contributed by atoms with van der Waals surface area (Å²) in [5, 5.41) is 2.62. The predicted octanol–water partition coefficient (Wildman–Crippen LogP) is 1.02. The molecule has 0 aliphatic carbocycles. The van der Waals surface area contributed by atoms with Crippen molar-refractivity contribution in [3.8, 4) is 0 Å². The average molecular weight is 234 g/mol. The minimum absolute atomic E-state index is 0.0917. The summed E-state index contributed by atoms with van der Waals surface area (Å²) in [6, 6.07) is 5.06. The number of amides is 1. The van der Waals surface area contributed by atoms with Crippen molar-refractivity contribution in [1.29, 1.82) is 0 Å². The molecule has 17 heavy (non-hydrogen) atoms. The molecule has 0 saturated carbocycles. The first-order chi connectivity index (χ1) is 8.13. The van der Waals surface area contributed by atoms with Crippen LogP contribution >= 0.6 is 0 Å². The number of esters is 1. The molecule has 0 aliphatic rings. The Morgan fingerprint density at radius 2 is 2.24 bits per heavy atom. The van der Waals surface area contributed by atoms with E-state index in [0.717, 1.165) is 0 Å². The second-order valence-corrected chi connectivity index (χ2v) is 3.28. The number of pyridine rings is 1. The molecule has 0 bridgehead atoms. The largest absolute Gasteiger partial charge is 0.464 e. The summed E-state index contributed by atoms with van der Waals surface area (Å²) in [4.78, 5) is 25.9. The highest BCUT2D eigenvalue weighted by atomic mass is 16.5. The Morgan fingerprint density at radius 3 is 2.88 bits per heavy atom. The number of rotatable bonds is 4. The lowest BCUT2D eigenvalue weighted by molar-refractivity contribution is -0.118. The molecule has 1 rings (SSSR count). The standard InChI is InChI=1S/C12H14N2O3/c1-9(15)13-8-4-6-10-5-3-7-11(14-10)12(16)17-2/h3-7H,8H2,1-2H3,(H,13,15). The molecule has 0 unspecified atom stereocenters. The lowest BCUT2D eigenvalue weighted by atomic mass is 10.3. The van der Waals surface area contributed by atoms with E-state index in [1.807, 2.05) is 0 Å². The van der Waals surface area contributed by atoms with Crippen LogP contribution < -0.4 is 5.32 Å². The molecular formula is C12H14N2O3. The Morgan fingerprint density at radius 1 is 1.47 bits per heavy atom. The zero-order valence-corrected chi connectivity index (χ0v) is 9.77. The van der Waals surface area contributed by atoms with Gasteiger partial charge in [0.25, 0.3) is 0 Å². The van der Waals surface area contributed by atoms with Gasteiger partial charge in [-0.1, -0.05) is 12.1 Å². The number of nitrogens with one attached hydrogen (secondary N) is 1. The van der Waals surface area contributed by atoms with Crippen LogP contribution in [0.5, 0.6) is 0 Å². The highest BCUT2D eigenvalue weighted by Crippen LogP contribution is 2.02. The van der Waals surface area contributed by atoms with Crippen LogP contribution in [0.15, 0.2) is 24.3 Å². The van der Waals surface area contributed by atoms with Crippen molar-refractivity contribution in [3.63, 3.8) is 0 Å². The summed E-state index contributed by atoms with van der Waals surface area (Å²) in [5.41, 5.74) is 0.896. The van der Waals surface area contributed by atoms with Gasteiger partial charge in [0.15, 0.2) is 0 Å². The summed E-state index contributed by atoms with van der Waals surface area (Å²) in [5.74, 6) is -0.562. The molecule has 0 saturated heterocycles. The fraction of sp³-hybridized carbons (Fsp3) is 0.250. The van der Waals surface area contributed by atoms with E-state index in [1.165, 1.54) is 14.0 Å². The molecule has 1 heterocycles. The predicted molar refractivity (Wildman–Crippen MR) is 63.3 cm³/mol. The number of ether oxygens (including phenoxy) is 1. The van der Waals surface area contributed by atoms with Gasteiger partial charge in [0.05, 0.1) is 12.8 Å². The van der Waals surface area contributed by atoms with Crippen molar-refractivity contribution >= 4 is 18.0 Å². The van der Waals surface area contributed by atoms with Gasteiger partial charge in [-0.05, 0) is 18.2 Å². The van der Waals surface area contributed by atoms with Gasteiger partial charge in [-0.2, -0.15) is 0 Å². The molecule has 0 aliphatic heterocycles. The van der Waals surface area contributed by atoms with E-state index in [1.54, 1.807) is 30.4 Å². The van der Waals surface area contributed by atoms with Crippen LogP contribution in [-0.2, 0) is 9.53 Å². The quantitative estimate of drug-likeness (QED) is 0.790. The van der Waals surface area contributed by atoms with Gasteiger partial charge in [-0.3, -0.25) is 4.79 Å². The molecule has 5 heteroatoms. The molecule has 0 spiro atoms. The van der Waals surface area contributed by atoms with Crippen LogP contribution in [0.2, 0.25) is 0 Å². The fourth-order valence-corrected chi connectivity index (χ4v) is 1.14. The van der Waals surface area contributed by atoms with Gasteiger partial charge < -0.3 is 10.1 Å². The van der Waals surface area contributed by atoms with Gasteiger partial charge in [-0.15, -0.1) is 0 Å². The lowest BCUT2D eigenvalue weighted by Crippen LogP contribution is -2.19. The summed E-state index contributed by atoms with van der Waals surface area (Å²) in [6.07, 6.45) is 3.48. The molecule has 0 aromatic carbocycles. The van der Waals surface area contributed by atoms with Gasteiger partial charge in [0.2, 0.25) is 5.91 Å². The van der Waals surface area contributed by atoms with Gasteiger partial charge in [0.1, 0.15) is 5.69 Å². The number of hydrogen-bond donors (Lipinski definition) is 1. The Kier molecular flexibility index (Phi) is 4.87. The maximum atomic E-state index is 11.2. The summed E-state index contributed by atoms with van der Waals surface area (Å²) in [7, 11) is 1.31. The van der Waals surface area contributed by atoms with Crippen LogP contribution in [-0.4, -0.2) is 30.5 Å². The van der Waals surface area contributed by atoms with Gasteiger partial charge in [0, 0.05) is 13.5 Å². The molecule has 1 aromatic rings. The lowest BCUT2D eigenvalue weighted by Gasteiger charge is -1.99. The number of nitrogens with zero attached hydrogens (tertiary/aromatic N) is 1. The SMILES string of the molecule is COC(=O)c1cccc(C=CCNC(C)=O)n1. The van der Waals surface area contributed by atoms with E-state index in [4.69, 9.17) is 0 Å². The molecule has 90 valence electrons. The molecule has 1 aromatic heterocycles. The molecule has 1 amide bonds. The van der Waals surface area contributed by atoms with E-state index in [0.29, 0.717) is 12.2 Å². The zero-order valence-electron chi connectivity index (χ0n) is 9.77. The Bertz CT molecular complexity index is 441.